The Kier molecular flexibility index (Phi) is 5.21. The SMILES string of the molecule is CON=C1C[C@H](S)CN1C(=O)OCc1ccc([N+](=O)[O-])cc1. The predicted octanol–water partition coefficient (Wildman–Crippen LogP) is 2.20. The highest BCUT2D eigenvalue weighted by Crippen LogP contribution is 2.19. The molecular formula is C13H15N3O5S. The number of benzene rings is 1. The molecule has 118 valence electrons. The highest BCUT2D eigenvalue weighted by Gasteiger charge is 2.32. The van der Waals surface area contributed by atoms with Crippen molar-refractivity contribution in [3.8, 4) is 0 Å². The molecule has 0 aliphatic carbocycles. The third-order valence-electron chi connectivity index (χ3n) is 3.05. The number of carbonyl (C=O) groups is 1. The van der Waals surface area contributed by atoms with E-state index in [1.165, 1.54) is 24.1 Å². The zero-order chi connectivity index (χ0) is 16.1. The molecule has 0 saturated carbocycles. The second-order valence-corrected chi connectivity index (χ2v) is 5.37. The molecule has 22 heavy (non-hydrogen) atoms. The molecule has 1 atom stereocenters. The summed E-state index contributed by atoms with van der Waals surface area (Å²) in [6.45, 7) is 0.412. The van der Waals surface area contributed by atoms with Crippen LogP contribution in [0.5, 0.6) is 0 Å². The lowest BCUT2D eigenvalue weighted by Gasteiger charge is -2.16. The third kappa shape index (κ3) is 3.88. The number of amidine groups is 1. The first kappa shape index (κ1) is 16.1. The Morgan fingerprint density at radius 3 is 2.77 bits per heavy atom. The maximum absolute atomic E-state index is 12.0. The summed E-state index contributed by atoms with van der Waals surface area (Å²) < 4.78 is 5.18. The fourth-order valence-electron chi connectivity index (χ4n) is 2.01. The second-order valence-electron chi connectivity index (χ2n) is 4.64. The molecule has 0 N–H and O–H groups in total. The number of hydrogen-bond acceptors (Lipinski definition) is 7. The van der Waals surface area contributed by atoms with E-state index < -0.39 is 11.0 Å². The van der Waals surface area contributed by atoms with E-state index in [4.69, 9.17) is 9.57 Å². The van der Waals surface area contributed by atoms with Crippen molar-refractivity contribution in [1.82, 2.24) is 4.90 Å². The van der Waals surface area contributed by atoms with Crippen LogP contribution in [-0.2, 0) is 16.2 Å². The molecule has 0 bridgehead atoms. The Hall–Kier alpha value is -2.29. The molecule has 2 rings (SSSR count). The van der Waals surface area contributed by atoms with Gasteiger partial charge in [-0.2, -0.15) is 12.6 Å². The lowest BCUT2D eigenvalue weighted by Crippen LogP contribution is -2.33. The van der Waals surface area contributed by atoms with Crippen molar-refractivity contribution in [2.24, 2.45) is 5.16 Å². The lowest BCUT2D eigenvalue weighted by molar-refractivity contribution is -0.384. The normalized spacial score (nSPS) is 19.3. The fourth-order valence-corrected chi connectivity index (χ4v) is 2.34. The van der Waals surface area contributed by atoms with Gasteiger partial charge >= 0.3 is 6.09 Å². The van der Waals surface area contributed by atoms with Crippen LogP contribution >= 0.6 is 12.6 Å². The highest BCUT2D eigenvalue weighted by atomic mass is 32.1. The summed E-state index contributed by atoms with van der Waals surface area (Å²) in [5.41, 5.74) is 0.646. The monoisotopic (exact) mass is 325 g/mol. The molecule has 1 aliphatic heterocycles. The fraction of sp³-hybridized carbons (Fsp3) is 0.385. The third-order valence-corrected chi connectivity index (χ3v) is 3.40. The summed E-state index contributed by atoms with van der Waals surface area (Å²) in [4.78, 5) is 28.2. The zero-order valence-corrected chi connectivity index (χ0v) is 12.7. The lowest BCUT2D eigenvalue weighted by atomic mass is 10.2. The van der Waals surface area contributed by atoms with E-state index in [2.05, 4.69) is 17.8 Å². The van der Waals surface area contributed by atoms with Gasteiger partial charge in [0.2, 0.25) is 0 Å². The first-order valence-corrected chi connectivity index (χ1v) is 6.98. The largest absolute Gasteiger partial charge is 0.444 e. The molecule has 0 radical (unpaired) electrons. The van der Waals surface area contributed by atoms with Crippen molar-refractivity contribution in [2.75, 3.05) is 13.7 Å². The molecule has 8 nitrogen and oxygen atoms in total. The molecule has 0 aromatic heterocycles. The van der Waals surface area contributed by atoms with E-state index in [-0.39, 0.29) is 17.5 Å². The number of rotatable bonds is 4. The van der Waals surface area contributed by atoms with Gasteiger partial charge in [-0.3, -0.25) is 15.0 Å². The molecule has 1 amide bonds. The average molecular weight is 325 g/mol. The molecule has 9 heteroatoms. The van der Waals surface area contributed by atoms with Crippen LogP contribution in [0.15, 0.2) is 29.4 Å². The smallest absolute Gasteiger partial charge is 0.415 e. The first-order chi connectivity index (χ1) is 10.5. The van der Waals surface area contributed by atoms with Gasteiger partial charge in [-0.05, 0) is 17.7 Å². The first-order valence-electron chi connectivity index (χ1n) is 6.47. The van der Waals surface area contributed by atoms with Crippen molar-refractivity contribution in [3.05, 3.63) is 39.9 Å². The molecule has 0 unspecified atom stereocenters. The molecule has 1 fully saturated rings. The van der Waals surface area contributed by atoms with E-state index in [0.29, 0.717) is 24.4 Å². The van der Waals surface area contributed by atoms with Gasteiger partial charge in [0.15, 0.2) is 5.84 Å². The van der Waals surface area contributed by atoms with E-state index in [1.54, 1.807) is 12.1 Å². The second kappa shape index (κ2) is 7.12. The van der Waals surface area contributed by atoms with Crippen molar-refractivity contribution < 1.29 is 19.3 Å². The Morgan fingerprint density at radius 2 is 2.18 bits per heavy atom. The summed E-state index contributed by atoms with van der Waals surface area (Å²) >= 11 is 4.32. The number of nitro groups is 1. The van der Waals surface area contributed by atoms with Crippen LogP contribution in [0.3, 0.4) is 0 Å². The van der Waals surface area contributed by atoms with Crippen LogP contribution in [-0.4, -0.2) is 40.7 Å². The molecule has 1 saturated heterocycles. The number of non-ortho nitro benzene ring substituents is 1. The topological polar surface area (TPSA) is 94.3 Å². The van der Waals surface area contributed by atoms with Crippen LogP contribution < -0.4 is 0 Å². The van der Waals surface area contributed by atoms with Gasteiger partial charge in [-0.15, -0.1) is 0 Å². The number of thiol groups is 1. The Morgan fingerprint density at radius 1 is 1.50 bits per heavy atom. The minimum Gasteiger partial charge on any atom is -0.444 e. The Bertz CT molecular complexity index is 590. The standard InChI is InChI=1S/C13H15N3O5S/c1-20-14-12-6-11(22)7-15(12)13(17)21-8-9-2-4-10(5-3-9)16(18)19/h2-5,11,22H,6-8H2,1H3/t11-/m0/s1. The number of likely N-dealkylation sites (tertiary alicyclic amines) is 1. The predicted molar refractivity (Wildman–Crippen MR) is 81.8 cm³/mol. The maximum atomic E-state index is 12.0. The van der Waals surface area contributed by atoms with Crippen LogP contribution in [0.2, 0.25) is 0 Å². The van der Waals surface area contributed by atoms with Gasteiger partial charge in [0.1, 0.15) is 13.7 Å². The van der Waals surface area contributed by atoms with Crippen LogP contribution in [0.1, 0.15) is 12.0 Å². The summed E-state index contributed by atoms with van der Waals surface area (Å²) in [6.07, 6.45) is -0.0328. The van der Waals surface area contributed by atoms with Gasteiger partial charge in [0.05, 0.1) is 4.92 Å². The molecule has 0 spiro atoms. The summed E-state index contributed by atoms with van der Waals surface area (Å²) in [7, 11) is 1.40. The minimum absolute atomic E-state index is 0.0120. The van der Waals surface area contributed by atoms with E-state index in [9.17, 15) is 14.9 Å². The van der Waals surface area contributed by atoms with E-state index in [1.807, 2.05) is 0 Å². The Labute approximate surface area is 132 Å². The van der Waals surface area contributed by atoms with Gasteiger partial charge in [0, 0.05) is 30.3 Å². The summed E-state index contributed by atoms with van der Waals surface area (Å²) in [5.74, 6) is 0.469. The van der Waals surface area contributed by atoms with Crippen LogP contribution in [0.4, 0.5) is 10.5 Å². The van der Waals surface area contributed by atoms with Crippen LogP contribution in [0.25, 0.3) is 0 Å². The van der Waals surface area contributed by atoms with Crippen molar-refractivity contribution in [2.45, 2.75) is 18.3 Å². The summed E-state index contributed by atoms with van der Waals surface area (Å²) in [6, 6.07) is 5.81. The number of hydrogen-bond donors (Lipinski definition) is 1. The molecular weight excluding hydrogens is 310 g/mol. The quantitative estimate of drug-likeness (QED) is 0.520. The van der Waals surface area contributed by atoms with Crippen molar-refractivity contribution >= 4 is 30.2 Å². The average Bonchev–Trinajstić information content (AvgIpc) is 2.86. The van der Waals surface area contributed by atoms with E-state index >= 15 is 0 Å². The zero-order valence-electron chi connectivity index (χ0n) is 11.8. The van der Waals surface area contributed by atoms with Crippen molar-refractivity contribution in [3.63, 3.8) is 0 Å². The summed E-state index contributed by atoms with van der Waals surface area (Å²) in [5, 5.41) is 14.3. The Balaban J connectivity index is 1.94. The van der Waals surface area contributed by atoms with Crippen LogP contribution in [0, 0.1) is 10.1 Å². The van der Waals surface area contributed by atoms with Gasteiger partial charge in [0.25, 0.3) is 5.69 Å². The van der Waals surface area contributed by atoms with Gasteiger partial charge < -0.3 is 9.57 Å². The van der Waals surface area contributed by atoms with Gasteiger partial charge in [-0.25, -0.2) is 4.79 Å². The number of nitro benzene ring substituents is 1. The molecule has 1 heterocycles. The number of oxime groups is 1. The number of amides is 1. The maximum Gasteiger partial charge on any atom is 0.415 e. The number of carbonyl (C=O) groups excluding carboxylic acids is 1. The number of nitrogens with zero attached hydrogens (tertiary/aromatic N) is 3. The van der Waals surface area contributed by atoms with Crippen molar-refractivity contribution in [1.29, 1.82) is 0 Å². The number of ether oxygens (including phenoxy) is 1. The van der Waals surface area contributed by atoms with E-state index in [0.717, 1.165) is 0 Å². The highest BCUT2D eigenvalue weighted by molar-refractivity contribution is 7.81. The molecule has 1 aromatic carbocycles. The van der Waals surface area contributed by atoms with Gasteiger partial charge in [-0.1, -0.05) is 5.16 Å². The molecule has 1 aliphatic rings. The molecule has 1 aromatic rings. The minimum atomic E-state index is -0.550.